The number of ether oxygens (including phenoxy) is 1. The molecule has 4 nitrogen and oxygen atoms in total. The summed E-state index contributed by atoms with van der Waals surface area (Å²) in [5, 5.41) is 3.59. The smallest absolute Gasteiger partial charge is 0.112 e. The molecule has 2 aliphatic rings. The van der Waals surface area contributed by atoms with E-state index in [-0.39, 0.29) is 0 Å². The number of nitrogens with one attached hydrogen (secondary N) is 1. The average molecular weight is 320 g/mol. The molecule has 2 aromatic heterocycles. The lowest BCUT2D eigenvalue weighted by atomic mass is 9.95. The molecule has 19 heavy (non-hydrogen) atoms. The summed E-state index contributed by atoms with van der Waals surface area (Å²) in [6.07, 6.45) is 7.95. The van der Waals surface area contributed by atoms with Gasteiger partial charge in [-0.2, -0.15) is 0 Å². The summed E-state index contributed by atoms with van der Waals surface area (Å²) in [5.74, 6) is 0. The number of aromatic nitrogens is 2. The van der Waals surface area contributed by atoms with Gasteiger partial charge in [0.1, 0.15) is 5.52 Å². The first-order valence-corrected chi connectivity index (χ1v) is 7.41. The lowest BCUT2D eigenvalue weighted by molar-refractivity contribution is 0.102. The minimum atomic E-state index is 0.365. The van der Waals surface area contributed by atoms with Crippen LogP contribution in [0.1, 0.15) is 19.3 Å². The molecule has 2 aromatic rings. The maximum atomic E-state index is 5.88. The van der Waals surface area contributed by atoms with Gasteiger partial charge in [0.05, 0.1) is 29.5 Å². The molecule has 0 spiro atoms. The van der Waals surface area contributed by atoms with E-state index in [2.05, 4.69) is 31.2 Å². The van der Waals surface area contributed by atoms with E-state index in [1.165, 1.54) is 12.8 Å². The Morgan fingerprint density at radius 2 is 2.26 bits per heavy atom. The number of pyridine rings is 2. The first-order chi connectivity index (χ1) is 9.29. The molecule has 2 fully saturated rings. The van der Waals surface area contributed by atoms with E-state index in [1.54, 1.807) is 0 Å². The van der Waals surface area contributed by atoms with Crippen LogP contribution in [-0.4, -0.2) is 28.2 Å². The molecule has 0 aliphatic carbocycles. The third-order valence-electron chi connectivity index (χ3n) is 3.99. The van der Waals surface area contributed by atoms with Crippen molar-refractivity contribution in [3.8, 4) is 0 Å². The van der Waals surface area contributed by atoms with Crippen molar-refractivity contribution in [3.63, 3.8) is 0 Å². The Kier molecular flexibility index (Phi) is 2.70. The van der Waals surface area contributed by atoms with E-state index in [4.69, 9.17) is 4.74 Å². The zero-order chi connectivity index (χ0) is 12.8. The predicted molar refractivity (Wildman–Crippen MR) is 77.2 cm³/mol. The molecule has 4 heterocycles. The molecule has 98 valence electrons. The standard InChI is InChI=1S/C14H14BrN3O/c15-8-5-12-14(17-7-8)10(3-4-16-12)18-11-6-9-1-2-13(11)19-9/h3-5,7,9,11,13H,1-2,6H2,(H,16,18). The van der Waals surface area contributed by atoms with Gasteiger partial charge in [-0.25, -0.2) is 0 Å². The van der Waals surface area contributed by atoms with Crippen LogP contribution < -0.4 is 5.32 Å². The molecule has 5 heteroatoms. The van der Waals surface area contributed by atoms with E-state index in [1.807, 2.05) is 24.5 Å². The van der Waals surface area contributed by atoms with Gasteiger partial charge in [-0.05, 0) is 47.3 Å². The highest BCUT2D eigenvalue weighted by Gasteiger charge is 2.40. The molecular formula is C14H14BrN3O. The van der Waals surface area contributed by atoms with Gasteiger partial charge < -0.3 is 10.1 Å². The maximum Gasteiger partial charge on any atom is 0.112 e. The third-order valence-corrected chi connectivity index (χ3v) is 4.42. The van der Waals surface area contributed by atoms with Gasteiger partial charge in [0.25, 0.3) is 0 Å². The quantitative estimate of drug-likeness (QED) is 0.923. The summed E-state index contributed by atoms with van der Waals surface area (Å²) in [4.78, 5) is 8.83. The number of nitrogens with zero attached hydrogens (tertiary/aromatic N) is 2. The van der Waals surface area contributed by atoms with E-state index < -0.39 is 0 Å². The van der Waals surface area contributed by atoms with Crippen LogP contribution in [0, 0.1) is 0 Å². The van der Waals surface area contributed by atoms with Crippen LogP contribution in [0.5, 0.6) is 0 Å². The molecule has 3 unspecified atom stereocenters. The first kappa shape index (κ1) is 11.6. The Hall–Kier alpha value is -1.20. The van der Waals surface area contributed by atoms with Crippen molar-refractivity contribution in [1.29, 1.82) is 0 Å². The molecule has 0 saturated carbocycles. The number of hydrogen-bond donors (Lipinski definition) is 1. The van der Waals surface area contributed by atoms with Gasteiger partial charge in [0, 0.05) is 16.9 Å². The summed E-state index contributed by atoms with van der Waals surface area (Å²) < 4.78 is 6.83. The van der Waals surface area contributed by atoms with Gasteiger partial charge in [-0.15, -0.1) is 0 Å². The zero-order valence-corrected chi connectivity index (χ0v) is 11.9. The van der Waals surface area contributed by atoms with Crippen molar-refractivity contribution in [2.24, 2.45) is 0 Å². The van der Waals surface area contributed by atoms with Crippen molar-refractivity contribution >= 4 is 32.7 Å². The van der Waals surface area contributed by atoms with Crippen molar-refractivity contribution in [1.82, 2.24) is 9.97 Å². The Morgan fingerprint density at radius 3 is 3.05 bits per heavy atom. The second-order valence-corrected chi connectivity index (χ2v) is 6.16. The molecule has 3 atom stereocenters. The topological polar surface area (TPSA) is 47.0 Å². The minimum Gasteiger partial charge on any atom is -0.378 e. The van der Waals surface area contributed by atoms with E-state index in [0.29, 0.717) is 18.2 Å². The van der Waals surface area contributed by atoms with E-state index >= 15 is 0 Å². The molecule has 2 bridgehead atoms. The zero-order valence-electron chi connectivity index (χ0n) is 10.3. The molecule has 0 amide bonds. The molecular weight excluding hydrogens is 306 g/mol. The number of fused-ring (bicyclic) bond motifs is 3. The summed E-state index contributed by atoms with van der Waals surface area (Å²) in [6, 6.07) is 4.40. The van der Waals surface area contributed by atoms with Crippen LogP contribution in [0.2, 0.25) is 0 Å². The van der Waals surface area contributed by atoms with Crippen LogP contribution in [-0.2, 0) is 4.74 Å². The average Bonchev–Trinajstić information content (AvgIpc) is 3.01. The monoisotopic (exact) mass is 319 g/mol. The van der Waals surface area contributed by atoms with E-state index in [9.17, 15) is 0 Å². The lowest BCUT2D eigenvalue weighted by Crippen LogP contribution is -2.30. The summed E-state index contributed by atoms with van der Waals surface area (Å²) in [6.45, 7) is 0. The SMILES string of the molecule is Brc1cnc2c(NC3CC4CCC3O4)ccnc2c1. The summed E-state index contributed by atoms with van der Waals surface area (Å²) >= 11 is 3.43. The largest absolute Gasteiger partial charge is 0.378 e. The minimum absolute atomic E-state index is 0.365. The van der Waals surface area contributed by atoms with E-state index in [0.717, 1.165) is 27.6 Å². The Labute approximate surface area is 119 Å². The van der Waals surface area contributed by atoms with Gasteiger partial charge >= 0.3 is 0 Å². The second-order valence-electron chi connectivity index (χ2n) is 5.24. The van der Waals surface area contributed by atoms with Gasteiger partial charge in [-0.3, -0.25) is 9.97 Å². The van der Waals surface area contributed by atoms with Crippen LogP contribution in [0.4, 0.5) is 5.69 Å². The first-order valence-electron chi connectivity index (χ1n) is 6.62. The number of anilines is 1. The lowest BCUT2D eigenvalue weighted by Gasteiger charge is -2.21. The third kappa shape index (κ3) is 2.01. The molecule has 0 aromatic carbocycles. The molecule has 4 rings (SSSR count). The molecule has 1 N–H and O–H groups in total. The number of halogens is 1. The fraction of sp³-hybridized carbons (Fsp3) is 0.429. The van der Waals surface area contributed by atoms with Crippen LogP contribution in [0.25, 0.3) is 11.0 Å². The van der Waals surface area contributed by atoms with Crippen molar-refractivity contribution in [3.05, 3.63) is 29.0 Å². The Morgan fingerprint density at radius 1 is 1.32 bits per heavy atom. The van der Waals surface area contributed by atoms with Crippen molar-refractivity contribution in [2.75, 3.05) is 5.32 Å². The highest BCUT2D eigenvalue weighted by atomic mass is 79.9. The van der Waals surface area contributed by atoms with Crippen LogP contribution in [0.3, 0.4) is 0 Å². The summed E-state index contributed by atoms with van der Waals surface area (Å²) in [7, 11) is 0. The van der Waals surface area contributed by atoms with Crippen molar-refractivity contribution in [2.45, 2.75) is 37.5 Å². The Bertz CT molecular complexity index is 633. The second kappa shape index (κ2) is 4.42. The fourth-order valence-electron chi connectivity index (χ4n) is 3.11. The van der Waals surface area contributed by atoms with Gasteiger partial charge in [-0.1, -0.05) is 0 Å². The number of hydrogen-bond acceptors (Lipinski definition) is 4. The maximum absolute atomic E-state index is 5.88. The fourth-order valence-corrected chi connectivity index (χ4v) is 3.43. The van der Waals surface area contributed by atoms with Gasteiger partial charge in [0.15, 0.2) is 0 Å². The summed E-state index contributed by atoms with van der Waals surface area (Å²) in [5.41, 5.74) is 2.88. The number of rotatable bonds is 2. The normalized spacial score (nSPS) is 29.0. The Balaban J connectivity index is 1.67. The molecule has 2 saturated heterocycles. The molecule has 2 aliphatic heterocycles. The molecule has 0 radical (unpaired) electrons. The highest BCUT2D eigenvalue weighted by molar-refractivity contribution is 9.10. The van der Waals surface area contributed by atoms with Crippen LogP contribution in [0.15, 0.2) is 29.0 Å². The van der Waals surface area contributed by atoms with Crippen molar-refractivity contribution < 1.29 is 4.74 Å². The highest BCUT2D eigenvalue weighted by Crippen LogP contribution is 2.36. The van der Waals surface area contributed by atoms with Gasteiger partial charge in [0.2, 0.25) is 0 Å². The van der Waals surface area contributed by atoms with Crippen LogP contribution >= 0.6 is 15.9 Å². The predicted octanol–water partition coefficient (Wildman–Crippen LogP) is 3.12.